The number of likely N-dealkylation sites (tertiary alicyclic amines) is 1. The Balaban J connectivity index is 2.41. The predicted molar refractivity (Wildman–Crippen MR) is 89.1 cm³/mol. The van der Waals surface area contributed by atoms with Gasteiger partial charge in [-0.05, 0) is 45.4 Å². The lowest BCUT2D eigenvalue weighted by Gasteiger charge is -2.36. The second-order valence-electron chi connectivity index (χ2n) is 8.05. The third-order valence-corrected chi connectivity index (χ3v) is 3.93. The molecule has 130 valence electrons. The maximum Gasteiger partial charge on any atom is 0.410 e. The van der Waals surface area contributed by atoms with Crippen LogP contribution < -0.4 is 5.32 Å². The van der Waals surface area contributed by atoms with Crippen molar-refractivity contribution in [1.29, 1.82) is 0 Å². The minimum absolute atomic E-state index is 0.197. The van der Waals surface area contributed by atoms with Crippen LogP contribution in [0.5, 0.6) is 0 Å². The number of methoxy groups -OCH3 is 1. The maximum atomic E-state index is 12.2. The van der Waals surface area contributed by atoms with Crippen molar-refractivity contribution in [2.45, 2.75) is 65.5 Å². The van der Waals surface area contributed by atoms with Crippen LogP contribution in [0.2, 0.25) is 0 Å². The SMILES string of the molecule is COCCC(C)(C)CNC1CCCN(C(=O)OC(C)(C)C)C1. The van der Waals surface area contributed by atoms with Crippen molar-refractivity contribution in [2.75, 3.05) is 33.4 Å². The van der Waals surface area contributed by atoms with E-state index in [1.165, 1.54) is 0 Å². The van der Waals surface area contributed by atoms with Gasteiger partial charge < -0.3 is 19.7 Å². The second-order valence-corrected chi connectivity index (χ2v) is 8.05. The Bertz CT molecular complexity index is 350. The first-order valence-corrected chi connectivity index (χ1v) is 8.33. The molecule has 1 fully saturated rings. The van der Waals surface area contributed by atoms with Gasteiger partial charge in [0.05, 0.1) is 0 Å². The highest BCUT2D eigenvalue weighted by Gasteiger charge is 2.28. The van der Waals surface area contributed by atoms with Crippen LogP contribution >= 0.6 is 0 Å². The monoisotopic (exact) mass is 314 g/mol. The minimum atomic E-state index is -0.431. The lowest BCUT2D eigenvalue weighted by Crippen LogP contribution is -2.50. The zero-order valence-electron chi connectivity index (χ0n) is 15.2. The van der Waals surface area contributed by atoms with Crippen LogP contribution in [0.3, 0.4) is 0 Å². The normalized spacial score (nSPS) is 20.1. The summed E-state index contributed by atoms with van der Waals surface area (Å²) >= 11 is 0. The van der Waals surface area contributed by atoms with Gasteiger partial charge in [-0.25, -0.2) is 4.79 Å². The maximum absolute atomic E-state index is 12.2. The summed E-state index contributed by atoms with van der Waals surface area (Å²) in [7, 11) is 1.74. The number of carbonyl (C=O) groups is 1. The fourth-order valence-corrected chi connectivity index (χ4v) is 2.52. The highest BCUT2D eigenvalue weighted by Crippen LogP contribution is 2.21. The molecule has 0 aromatic heterocycles. The molecular weight excluding hydrogens is 280 g/mol. The summed E-state index contributed by atoms with van der Waals surface area (Å²) < 4.78 is 10.6. The van der Waals surface area contributed by atoms with Gasteiger partial charge in [0.2, 0.25) is 0 Å². The van der Waals surface area contributed by atoms with E-state index in [0.29, 0.717) is 6.04 Å². The van der Waals surface area contributed by atoms with Crippen molar-refractivity contribution >= 4 is 6.09 Å². The van der Waals surface area contributed by atoms with Crippen LogP contribution in [0.4, 0.5) is 4.79 Å². The Morgan fingerprint density at radius 1 is 1.27 bits per heavy atom. The summed E-state index contributed by atoms with van der Waals surface area (Å²) in [5.74, 6) is 0. The molecule has 1 unspecified atom stereocenters. The van der Waals surface area contributed by atoms with Gasteiger partial charge in [-0.3, -0.25) is 0 Å². The number of ether oxygens (including phenoxy) is 2. The average molecular weight is 314 g/mol. The molecule has 1 N–H and O–H groups in total. The number of amides is 1. The topological polar surface area (TPSA) is 50.8 Å². The van der Waals surface area contributed by atoms with Gasteiger partial charge >= 0.3 is 6.09 Å². The number of nitrogens with one attached hydrogen (secondary N) is 1. The number of hydrogen-bond donors (Lipinski definition) is 1. The summed E-state index contributed by atoms with van der Waals surface area (Å²) in [4.78, 5) is 14.0. The zero-order valence-corrected chi connectivity index (χ0v) is 15.2. The summed E-state index contributed by atoms with van der Waals surface area (Å²) in [5, 5.41) is 3.61. The molecule has 0 aromatic carbocycles. The molecular formula is C17H34N2O3. The zero-order chi connectivity index (χ0) is 16.8. The van der Waals surface area contributed by atoms with Gasteiger partial charge in [0.15, 0.2) is 0 Å². The van der Waals surface area contributed by atoms with E-state index in [4.69, 9.17) is 9.47 Å². The molecule has 1 aliphatic heterocycles. The van der Waals surface area contributed by atoms with E-state index < -0.39 is 5.60 Å². The van der Waals surface area contributed by atoms with Crippen LogP contribution in [0.15, 0.2) is 0 Å². The second kappa shape index (κ2) is 8.16. The van der Waals surface area contributed by atoms with Crippen LogP contribution in [0.25, 0.3) is 0 Å². The Kier molecular flexibility index (Phi) is 7.13. The highest BCUT2D eigenvalue weighted by atomic mass is 16.6. The molecule has 1 atom stereocenters. The fraction of sp³-hybridized carbons (Fsp3) is 0.941. The smallest absolute Gasteiger partial charge is 0.410 e. The Morgan fingerprint density at radius 2 is 1.95 bits per heavy atom. The quantitative estimate of drug-likeness (QED) is 0.819. The first-order chi connectivity index (χ1) is 10.1. The molecule has 0 radical (unpaired) electrons. The molecule has 0 saturated carbocycles. The molecule has 5 nitrogen and oxygen atoms in total. The van der Waals surface area contributed by atoms with E-state index in [1.54, 1.807) is 7.11 Å². The van der Waals surface area contributed by atoms with Gasteiger partial charge in [0.25, 0.3) is 0 Å². The van der Waals surface area contributed by atoms with E-state index in [-0.39, 0.29) is 11.5 Å². The van der Waals surface area contributed by atoms with Gasteiger partial charge in [-0.2, -0.15) is 0 Å². The molecule has 5 heteroatoms. The third-order valence-electron chi connectivity index (χ3n) is 3.93. The highest BCUT2D eigenvalue weighted by molar-refractivity contribution is 5.68. The number of nitrogens with zero attached hydrogens (tertiary/aromatic N) is 1. The predicted octanol–water partition coefficient (Wildman–Crippen LogP) is 3.04. The van der Waals surface area contributed by atoms with Crippen molar-refractivity contribution in [3.63, 3.8) is 0 Å². The van der Waals surface area contributed by atoms with Crippen molar-refractivity contribution in [2.24, 2.45) is 5.41 Å². The van der Waals surface area contributed by atoms with E-state index >= 15 is 0 Å². The van der Waals surface area contributed by atoms with Crippen LogP contribution in [-0.2, 0) is 9.47 Å². The van der Waals surface area contributed by atoms with E-state index in [2.05, 4.69) is 19.2 Å². The van der Waals surface area contributed by atoms with Crippen LogP contribution in [-0.4, -0.2) is 56.0 Å². The molecule has 0 spiro atoms. The molecule has 22 heavy (non-hydrogen) atoms. The molecule has 0 bridgehead atoms. The van der Waals surface area contributed by atoms with Crippen molar-refractivity contribution in [3.8, 4) is 0 Å². The lowest BCUT2D eigenvalue weighted by molar-refractivity contribution is 0.0183. The van der Waals surface area contributed by atoms with Crippen LogP contribution in [0.1, 0.15) is 53.9 Å². The van der Waals surface area contributed by atoms with Crippen molar-refractivity contribution in [3.05, 3.63) is 0 Å². The van der Waals surface area contributed by atoms with Crippen molar-refractivity contribution in [1.82, 2.24) is 10.2 Å². The molecule has 1 saturated heterocycles. The summed E-state index contributed by atoms with van der Waals surface area (Å²) in [6, 6.07) is 0.350. The standard InChI is InChI=1S/C17H34N2O3/c1-16(2,3)22-15(20)19-10-7-8-14(12-19)18-13-17(4,5)9-11-21-6/h14,18H,7-13H2,1-6H3. The number of hydrogen-bond acceptors (Lipinski definition) is 4. The molecule has 1 rings (SSSR count). The molecule has 1 aliphatic rings. The van der Waals surface area contributed by atoms with E-state index in [1.807, 2.05) is 25.7 Å². The first kappa shape index (κ1) is 19.2. The average Bonchev–Trinajstić information content (AvgIpc) is 2.42. The Labute approximate surface area is 135 Å². The van der Waals surface area contributed by atoms with Gasteiger partial charge in [-0.1, -0.05) is 13.8 Å². The third kappa shape index (κ3) is 7.45. The number of carbonyl (C=O) groups excluding carboxylic acids is 1. The Morgan fingerprint density at radius 3 is 2.55 bits per heavy atom. The van der Waals surface area contributed by atoms with Crippen LogP contribution in [0, 0.1) is 5.41 Å². The molecule has 1 amide bonds. The lowest BCUT2D eigenvalue weighted by atomic mass is 9.89. The van der Waals surface area contributed by atoms with Gasteiger partial charge in [0.1, 0.15) is 5.60 Å². The number of rotatable bonds is 6. The molecule has 0 aromatic rings. The first-order valence-electron chi connectivity index (χ1n) is 8.33. The summed E-state index contributed by atoms with van der Waals surface area (Å²) in [6.07, 6.45) is 2.96. The minimum Gasteiger partial charge on any atom is -0.444 e. The summed E-state index contributed by atoms with van der Waals surface area (Å²) in [5.41, 5.74) is -0.232. The van der Waals surface area contributed by atoms with E-state index in [9.17, 15) is 4.79 Å². The number of piperidine rings is 1. The largest absolute Gasteiger partial charge is 0.444 e. The van der Waals surface area contributed by atoms with E-state index in [0.717, 1.165) is 45.5 Å². The Hall–Kier alpha value is -0.810. The van der Waals surface area contributed by atoms with Crippen molar-refractivity contribution < 1.29 is 14.3 Å². The fourth-order valence-electron chi connectivity index (χ4n) is 2.52. The van der Waals surface area contributed by atoms with Gasteiger partial charge in [0, 0.05) is 39.4 Å². The molecule has 0 aliphatic carbocycles. The van der Waals surface area contributed by atoms with Gasteiger partial charge in [-0.15, -0.1) is 0 Å². The molecule has 1 heterocycles. The summed E-state index contributed by atoms with van der Waals surface area (Å²) in [6.45, 7) is 13.4.